The molecule has 1 aliphatic heterocycles. The number of rotatable bonds is 6. The van der Waals surface area contributed by atoms with Crippen LogP contribution in [0.4, 0.5) is 10.1 Å². The van der Waals surface area contributed by atoms with Gasteiger partial charge in [-0.3, -0.25) is 9.59 Å². The van der Waals surface area contributed by atoms with Crippen molar-refractivity contribution < 1.29 is 28.0 Å². The molecule has 0 N–H and O–H groups in total. The molecule has 1 saturated heterocycles. The molecular formula is C22H19FN2O5. The smallest absolute Gasteiger partial charge is 0.311 e. The molecule has 30 heavy (non-hydrogen) atoms. The van der Waals surface area contributed by atoms with Gasteiger partial charge in [0.1, 0.15) is 23.9 Å². The van der Waals surface area contributed by atoms with Gasteiger partial charge in [0.25, 0.3) is 0 Å². The second-order valence-corrected chi connectivity index (χ2v) is 6.85. The number of esters is 1. The predicted octanol–water partition coefficient (Wildman–Crippen LogP) is 3.59. The monoisotopic (exact) mass is 410 g/mol. The Kier molecular flexibility index (Phi) is 5.47. The van der Waals surface area contributed by atoms with Crippen molar-refractivity contribution in [3.05, 3.63) is 66.1 Å². The molecule has 0 radical (unpaired) electrons. The van der Waals surface area contributed by atoms with Crippen LogP contribution in [0.15, 0.2) is 59.1 Å². The summed E-state index contributed by atoms with van der Waals surface area (Å²) in [7, 11) is 1.53. The molecule has 1 unspecified atom stereocenters. The van der Waals surface area contributed by atoms with E-state index in [2.05, 4.69) is 5.16 Å². The molecule has 1 amide bonds. The standard InChI is InChI=1S/C22H19FN2O5/c1-28-19-9-5-4-8-18(19)25-12-14(10-21(25)26)22(27)29-13-15-11-20(30-24-15)16-6-2-3-7-17(16)23/h2-9,11,14H,10,12-13H2,1H3. The fraction of sp³-hybridized carbons (Fsp3) is 0.227. The van der Waals surface area contributed by atoms with E-state index in [1.165, 1.54) is 24.1 Å². The molecular weight excluding hydrogens is 391 g/mol. The van der Waals surface area contributed by atoms with E-state index in [1.807, 2.05) is 6.07 Å². The average Bonchev–Trinajstić information content (AvgIpc) is 3.39. The maximum atomic E-state index is 13.9. The Morgan fingerprint density at radius 1 is 1.23 bits per heavy atom. The van der Waals surface area contributed by atoms with Crippen LogP contribution in [0.3, 0.4) is 0 Å². The number of anilines is 1. The number of hydrogen-bond donors (Lipinski definition) is 0. The summed E-state index contributed by atoms with van der Waals surface area (Å²) in [5.74, 6) is -0.903. The van der Waals surface area contributed by atoms with Crippen LogP contribution in [0.1, 0.15) is 12.1 Å². The van der Waals surface area contributed by atoms with Crippen LogP contribution >= 0.6 is 0 Å². The van der Waals surface area contributed by atoms with Gasteiger partial charge < -0.3 is 18.9 Å². The Morgan fingerprint density at radius 3 is 2.80 bits per heavy atom. The molecule has 4 rings (SSSR count). The van der Waals surface area contributed by atoms with Crippen molar-refractivity contribution >= 4 is 17.6 Å². The number of nitrogens with zero attached hydrogens (tertiary/aromatic N) is 2. The van der Waals surface area contributed by atoms with Crippen LogP contribution in [0.2, 0.25) is 0 Å². The van der Waals surface area contributed by atoms with E-state index >= 15 is 0 Å². The van der Waals surface area contributed by atoms with Crippen molar-refractivity contribution in [1.29, 1.82) is 0 Å². The van der Waals surface area contributed by atoms with Crippen molar-refractivity contribution in [2.24, 2.45) is 5.92 Å². The van der Waals surface area contributed by atoms with Gasteiger partial charge in [0.15, 0.2) is 5.76 Å². The van der Waals surface area contributed by atoms with Gasteiger partial charge in [-0.15, -0.1) is 0 Å². The van der Waals surface area contributed by atoms with E-state index in [4.69, 9.17) is 14.0 Å². The first-order chi connectivity index (χ1) is 14.6. The molecule has 8 heteroatoms. The third kappa shape index (κ3) is 3.89. The molecule has 7 nitrogen and oxygen atoms in total. The van der Waals surface area contributed by atoms with Crippen molar-refractivity contribution in [2.75, 3.05) is 18.6 Å². The van der Waals surface area contributed by atoms with Crippen molar-refractivity contribution in [3.63, 3.8) is 0 Å². The summed E-state index contributed by atoms with van der Waals surface area (Å²) in [6.07, 6.45) is 0.0518. The summed E-state index contributed by atoms with van der Waals surface area (Å²) < 4.78 is 29.6. The number of ether oxygens (including phenoxy) is 2. The number of halogens is 1. The van der Waals surface area contributed by atoms with Gasteiger partial charge in [0.2, 0.25) is 5.91 Å². The Balaban J connectivity index is 1.38. The third-order valence-electron chi connectivity index (χ3n) is 4.89. The van der Waals surface area contributed by atoms with E-state index in [9.17, 15) is 14.0 Å². The zero-order chi connectivity index (χ0) is 21.1. The van der Waals surface area contributed by atoms with Crippen LogP contribution < -0.4 is 9.64 Å². The van der Waals surface area contributed by atoms with Gasteiger partial charge in [0.05, 0.1) is 24.3 Å². The fourth-order valence-electron chi connectivity index (χ4n) is 3.38. The summed E-state index contributed by atoms with van der Waals surface area (Å²) in [5, 5.41) is 3.82. The van der Waals surface area contributed by atoms with E-state index in [1.54, 1.807) is 36.4 Å². The summed E-state index contributed by atoms with van der Waals surface area (Å²) in [6, 6.07) is 14.8. The zero-order valence-corrected chi connectivity index (χ0v) is 16.2. The number of amides is 1. The third-order valence-corrected chi connectivity index (χ3v) is 4.89. The Labute approximate surface area is 172 Å². The topological polar surface area (TPSA) is 81.9 Å². The van der Waals surface area contributed by atoms with Crippen molar-refractivity contribution in [3.8, 4) is 17.1 Å². The average molecular weight is 410 g/mol. The number of carbonyl (C=O) groups is 2. The highest BCUT2D eigenvalue weighted by Gasteiger charge is 2.37. The van der Waals surface area contributed by atoms with Gasteiger partial charge in [-0.05, 0) is 24.3 Å². The second kappa shape index (κ2) is 8.36. The molecule has 0 bridgehead atoms. The lowest BCUT2D eigenvalue weighted by molar-refractivity contribution is -0.149. The first-order valence-corrected chi connectivity index (χ1v) is 9.37. The molecule has 0 aliphatic carbocycles. The highest BCUT2D eigenvalue weighted by Crippen LogP contribution is 2.33. The van der Waals surface area contributed by atoms with Gasteiger partial charge in [-0.1, -0.05) is 29.4 Å². The number of hydrogen-bond acceptors (Lipinski definition) is 6. The maximum absolute atomic E-state index is 13.9. The lowest BCUT2D eigenvalue weighted by Crippen LogP contribution is -2.26. The minimum atomic E-state index is -0.597. The lowest BCUT2D eigenvalue weighted by Gasteiger charge is -2.19. The quantitative estimate of drug-likeness (QED) is 0.578. The number of benzene rings is 2. The van der Waals surface area contributed by atoms with E-state index in [0.717, 1.165) is 0 Å². The van der Waals surface area contributed by atoms with E-state index < -0.39 is 17.7 Å². The molecule has 1 atom stereocenters. The SMILES string of the molecule is COc1ccccc1N1CC(C(=O)OCc2cc(-c3ccccc3F)on2)CC1=O. The van der Waals surface area contributed by atoms with Crippen LogP contribution in [-0.4, -0.2) is 30.7 Å². The number of aromatic nitrogens is 1. The zero-order valence-electron chi connectivity index (χ0n) is 16.2. The minimum Gasteiger partial charge on any atom is -0.495 e. The first-order valence-electron chi connectivity index (χ1n) is 9.37. The molecule has 1 fully saturated rings. The molecule has 2 heterocycles. The lowest BCUT2D eigenvalue weighted by atomic mass is 10.1. The Hall–Kier alpha value is -3.68. The summed E-state index contributed by atoms with van der Waals surface area (Å²) in [5.41, 5.74) is 1.25. The van der Waals surface area contributed by atoms with Gasteiger partial charge in [-0.25, -0.2) is 4.39 Å². The number of carbonyl (C=O) groups excluding carboxylic acids is 2. The fourth-order valence-corrected chi connectivity index (χ4v) is 3.38. The van der Waals surface area contributed by atoms with E-state index in [-0.39, 0.29) is 36.8 Å². The van der Waals surface area contributed by atoms with Crippen molar-refractivity contribution in [1.82, 2.24) is 5.16 Å². The summed E-state index contributed by atoms with van der Waals surface area (Å²) in [6.45, 7) is 0.0769. The molecule has 0 saturated carbocycles. The Morgan fingerprint density at radius 2 is 2.00 bits per heavy atom. The first kappa shape index (κ1) is 19.6. The molecule has 2 aromatic carbocycles. The molecule has 1 aliphatic rings. The van der Waals surface area contributed by atoms with Crippen molar-refractivity contribution in [2.45, 2.75) is 13.0 Å². The minimum absolute atomic E-state index is 0.0518. The second-order valence-electron chi connectivity index (χ2n) is 6.85. The van der Waals surface area contributed by atoms with Gasteiger partial charge >= 0.3 is 5.97 Å². The number of methoxy groups -OCH3 is 1. The highest BCUT2D eigenvalue weighted by atomic mass is 19.1. The van der Waals surface area contributed by atoms with Gasteiger partial charge in [0, 0.05) is 19.0 Å². The van der Waals surface area contributed by atoms with Crippen LogP contribution in [0.5, 0.6) is 5.75 Å². The normalized spacial score (nSPS) is 16.0. The predicted molar refractivity (Wildman–Crippen MR) is 105 cm³/mol. The Bertz CT molecular complexity index is 1080. The molecule has 1 aromatic heterocycles. The summed E-state index contributed by atoms with van der Waals surface area (Å²) >= 11 is 0. The largest absolute Gasteiger partial charge is 0.495 e. The van der Waals surface area contributed by atoms with E-state index in [0.29, 0.717) is 17.1 Å². The molecule has 0 spiro atoms. The van der Waals surface area contributed by atoms with Crippen LogP contribution in [0, 0.1) is 11.7 Å². The molecule has 3 aromatic rings. The van der Waals surface area contributed by atoms with Crippen LogP contribution in [-0.2, 0) is 20.9 Å². The van der Waals surface area contributed by atoms with Gasteiger partial charge in [-0.2, -0.15) is 0 Å². The highest BCUT2D eigenvalue weighted by molar-refractivity contribution is 6.00. The molecule has 154 valence electrons. The number of para-hydroxylation sites is 2. The maximum Gasteiger partial charge on any atom is 0.311 e. The summed E-state index contributed by atoms with van der Waals surface area (Å²) in [4.78, 5) is 26.4. The van der Waals surface area contributed by atoms with Crippen LogP contribution in [0.25, 0.3) is 11.3 Å².